The van der Waals surface area contributed by atoms with Gasteiger partial charge in [0.15, 0.2) is 5.78 Å². The summed E-state index contributed by atoms with van der Waals surface area (Å²) in [5.74, 6) is -0.184. The predicted octanol–water partition coefficient (Wildman–Crippen LogP) is 1.15. The van der Waals surface area contributed by atoms with Crippen LogP contribution in [0.4, 0.5) is 0 Å². The van der Waals surface area contributed by atoms with Gasteiger partial charge in [-0.3, -0.25) is 4.79 Å². The van der Waals surface area contributed by atoms with Crippen LogP contribution in [0, 0.1) is 0 Å². The van der Waals surface area contributed by atoms with Gasteiger partial charge in [0, 0.05) is 0 Å². The number of allylic oxidation sites excluding steroid dienone is 2. The highest BCUT2D eigenvalue weighted by atomic mass is 32.2. The van der Waals surface area contributed by atoms with E-state index in [0.29, 0.717) is 11.1 Å². The van der Waals surface area contributed by atoms with Crippen LogP contribution in [-0.2, 0) is 25.4 Å². The lowest BCUT2D eigenvalue weighted by atomic mass is 10.1. The molecule has 0 aliphatic heterocycles. The van der Waals surface area contributed by atoms with Crippen LogP contribution in [0.2, 0.25) is 0 Å². The normalized spacial score (nSPS) is 12.4. The van der Waals surface area contributed by atoms with Crippen molar-refractivity contribution in [2.24, 2.45) is 10.3 Å². The Morgan fingerprint density at radius 1 is 0.679 bits per heavy atom. The zero-order valence-electron chi connectivity index (χ0n) is 14.3. The molecule has 2 aromatic carbocycles. The van der Waals surface area contributed by atoms with Gasteiger partial charge in [0.25, 0.3) is 0 Å². The maximum atomic E-state index is 11.9. The third kappa shape index (κ3) is 8.14. The molecule has 0 unspecified atom stereocenters. The summed E-state index contributed by atoms with van der Waals surface area (Å²) in [7, 11) is -8.17. The summed E-state index contributed by atoms with van der Waals surface area (Å²) in [6.45, 7) is 0. The van der Waals surface area contributed by atoms with E-state index in [4.69, 9.17) is 10.3 Å². The van der Waals surface area contributed by atoms with Gasteiger partial charge in [-0.2, -0.15) is 27.1 Å². The average molecular weight is 424 g/mol. The van der Waals surface area contributed by atoms with Gasteiger partial charge in [0.2, 0.25) is 0 Å². The third-order valence-electron chi connectivity index (χ3n) is 3.07. The monoisotopic (exact) mass is 424 g/mol. The zero-order valence-corrected chi connectivity index (χ0v) is 15.9. The predicted molar refractivity (Wildman–Crippen MR) is 103 cm³/mol. The molecule has 11 heteroatoms. The first-order valence-corrected chi connectivity index (χ1v) is 10.5. The minimum absolute atomic E-state index is 0.0562. The Balaban J connectivity index is 1.95. The number of benzene rings is 2. The number of ketones is 1. The van der Waals surface area contributed by atoms with E-state index in [1.165, 1.54) is 48.6 Å². The molecule has 0 saturated heterocycles. The van der Waals surface area contributed by atoms with Crippen molar-refractivity contribution in [3.63, 3.8) is 0 Å². The second-order valence-corrected chi connectivity index (χ2v) is 7.66. The molecule has 0 bridgehead atoms. The lowest BCUT2D eigenvalue weighted by Crippen LogP contribution is -2.18. The number of rotatable bonds is 8. The van der Waals surface area contributed by atoms with Crippen molar-refractivity contribution < 1.29 is 30.0 Å². The van der Waals surface area contributed by atoms with E-state index in [2.05, 4.69) is 8.37 Å². The zero-order chi connectivity index (χ0) is 20.8. The molecule has 4 N–H and O–H groups in total. The van der Waals surface area contributed by atoms with Crippen molar-refractivity contribution in [3.05, 3.63) is 71.8 Å². The molecule has 0 atom stereocenters. The Morgan fingerprint density at radius 3 is 1.29 bits per heavy atom. The molecular weight excluding hydrogens is 408 g/mol. The molecule has 2 aromatic rings. The SMILES string of the molecule is NS(=O)(=O)Oc1ccc(/C=C/C(=O)/C=C/c2ccc(OS(N)(=O)=O)cc2)cc1. The Bertz CT molecular complexity index is 1010. The summed E-state index contributed by atoms with van der Waals surface area (Å²) < 4.78 is 52.3. The Labute approximate surface area is 162 Å². The molecular formula is C17H16N2O7S2. The first-order valence-electron chi connectivity index (χ1n) is 7.55. The Morgan fingerprint density at radius 2 is 1.00 bits per heavy atom. The maximum absolute atomic E-state index is 11.9. The van der Waals surface area contributed by atoms with Crippen molar-refractivity contribution >= 4 is 38.5 Å². The van der Waals surface area contributed by atoms with Gasteiger partial charge < -0.3 is 8.37 Å². The van der Waals surface area contributed by atoms with Gasteiger partial charge in [-0.05, 0) is 47.5 Å². The van der Waals surface area contributed by atoms with Crippen LogP contribution < -0.4 is 18.6 Å². The highest BCUT2D eigenvalue weighted by Crippen LogP contribution is 2.15. The van der Waals surface area contributed by atoms with Crippen molar-refractivity contribution in [2.45, 2.75) is 0 Å². The second-order valence-electron chi connectivity index (χ2n) is 5.36. The summed E-state index contributed by atoms with van der Waals surface area (Å²) in [5, 5.41) is 9.53. The number of carbonyl (C=O) groups excluding carboxylic acids is 1. The molecule has 0 amide bonds. The molecule has 0 fully saturated rings. The maximum Gasteiger partial charge on any atom is 0.380 e. The molecule has 0 spiro atoms. The van der Waals surface area contributed by atoms with Gasteiger partial charge in [0.05, 0.1) is 0 Å². The van der Waals surface area contributed by atoms with E-state index in [9.17, 15) is 21.6 Å². The minimum atomic E-state index is -4.09. The minimum Gasteiger partial charge on any atom is -0.371 e. The van der Waals surface area contributed by atoms with Crippen LogP contribution in [-0.4, -0.2) is 22.6 Å². The van der Waals surface area contributed by atoms with E-state index in [1.54, 1.807) is 24.3 Å². The number of hydrogen-bond acceptors (Lipinski definition) is 7. The number of nitrogens with two attached hydrogens (primary N) is 2. The van der Waals surface area contributed by atoms with Gasteiger partial charge in [-0.15, -0.1) is 0 Å². The summed E-state index contributed by atoms with van der Waals surface area (Å²) >= 11 is 0. The topological polar surface area (TPSA) is 156 Å². The fourth-order valence-corrected chi connectivity index (χ4v) is 2.71. The summed E-state index contributed by atoms with van der Waals surface area (Å²) in [6, 6.07) is 11.8. The average Bonchev–Trinajstić information content (AvgIpc) is 2.58. The smallest absolute Gasteiger partial charge is 0.371 e. The summed E-state index contributed by atoms with van der Waals surface area (Å²) in [5.41, 5.74) is 1.29. The third-order valence-corrected chi connectivity index (χ3v) is 3.91. The first-order chi connectivity index (χ1) is 13.0. The molecule has 9 nitrogen and oxygen atoms in total. The van der Waals surface area contributed by atoms with Crippen molar-refractivity contribution in [1.29, 1.82) is 0 Å². The molecule has 28 heavy (non-hydrogen) atoms. The fourth-order valence-electron chi connectivity index (χ4n) is 1.95. The van der Waals surface area contributed by atoms with Crippen LogP contribution in [0.25, 0.3) is 12.2 Å². The van der Waals surface area contributed by atoms with Gasteiger partial charge >= 0.3 is 20.6 Å². The van der Waals surface area contributed by atoms with Crippen LogP contribution >= 0.6 is 0 Å². The molecule has 0 radical (unpaired) electrons. The van der Waals surface area contributed by atoms with E-state index in [-0.39, 0.29) is 17.3 Å². The quantitative estimate of drug-likeness (QED) is 0.602. The van der Waals surface area contributed by atoms with Crippen molar-refractivity contribution in [3.8, 4) is 11.5 Å². The highest BCUT2D eigenvalue weighted by Gasteiger charge is 2.05. The van der Waals surface area contributed by atoms with Gasteiger partial charge in [0.1, 0.15) is 11.5 Å². The molecule has 0 heterocycles. The van der Waals surface area contributed by atoms with Crippen LogP contribution in [0.15, 0.2) is 60.7 Å². The van der Waals surface area contributed by atoms with E-state index >= 15 is 0 Å². The molecule has 0 aliphatic carbocycles. The summed E-state index contributed by atoms with van der Waals surface area (Å²) in [4.78, 5) is 11.9. The van der Waals surface area contributed by atoms with Gasteiger partial charge in [-0.1, -0.05) is 36.4 Å². The lowest BCUT2D eigenvalue weighted by molar-refractivity contribution is -0.110. The molecule has 0 saturated carbocycles. The van der Waals surface area contributed by atoms with Crippen LogP contribution in [0.3, 0.4) is 0 Å². The van der Waals surface area contributed by atoms with E-state index in [1.807, 2.05) is 0 Å². The van der Waals surface area contributed by atoms with Crippen LogP contribution in [0.1, 0.15) is 11.1 Å². The molecule has 0 aliphatic rings. The van der Waals surface area contributed by atoms with Crippen molar-refractivity contribution in [2.75, 3.05) is 0 Å². The Hall–Kier alpha value is -2.99. The summed E-state index contributed by atoms with van der Waals surface area (Å²) in [6.07, 6.45) is 5.72. The molecule has 148 valence electrons. The number of carbonyl (C=O) groups is 1. The van der Waals surface area contributed by atoms with E-state index in [0.717, 1.165) is 0 Å². The second kappa shape index (κ2) is 8.80. The number of hydrogen-bond donors (Lipinski definition) is 2. The standard InChI is InChI=1S/C17H16N2O7S2/c18-27(21,22)25-16-9-3-13(4-10-16)1-7-15(20)8-2-14-5-11-17(12-6-14)26-28(19,23)24/h1-12H,(H2,18,21,22)(H2,19,23,24)/b7-1+,8-2+. The fraction of sp³-hybridized carbons (Fsp3) is 0. The Kier molecular flexibility index (Phi) is 6.70. The highest BCUT2D eigenvalue weighted by molar-refractivity contribution is 7.85. The van der Waals surface area contributed by atoms with Crippen LogP contribution in [0.5, 0.6) is 11.5 Å². The van der Waals surface area contributed by atoms with Crippen molar-refractivity contribution in [1.82, 2.24) is 0 Å². The lowest BCUT2D eigenvalue weighted by Gasteiger charge is -2.02. The first kappa shape index (κ1) is 21.3. The van der Waals surface area contributed by atoms with E-state index < -0.39 is 20.6 Å². The van der Waals surface area contributed by atoms with Gasteiger partial charge in [-0.25, -0.2) is 0 Å². The largest absolute Gasteiger partial charge is 0.380 e. The molecule has 2 rings (SSSR count). The molecule has 0 aromatic heterocycles.